The van der Waals surface area contributed by atoms with Crippen LogP contribution in [0.3, 0.4) is 0 Å². The second kappa shape index (κ2) is 2.84. The van der Waals surface area contributed by atoms with Crippen molar-refractivity contribution in [1.29, 1.82) is 0 Å². The lowest BCUT2D eigenvalue weighted by molar-refractivity contribution is 0.384. The maximum atomic E-state index is 5.04. The van der Waals surface area contributed by atoms with E-state index in [2.05, 4.69) is 0 Å². The Labute approximate surface area is 64.4 Å². The highest BCUT2D eigenvalue weighted by Gasteiger charge is 1.94. The van der Waals surface area contributed by atoms with Crippen molar-refractivity contribution < 1.29 is 9.15 Å². The molecule has 0 aliphatic heterocycles. The largest absolute Gasteiger partial charge is 0.492 e. The molecule has 0 bridgehead atoms. The summed E-state index contributed by atoms with van der Waals surface area (Å²) in [5.41, 5.74) is 0. The fraction of sp³-hybridized carbons (Fsp3) is 0.286. The van der Waals surface area contributed by atoms with Crippen LogP contribution in [0.4, 0.5) is 0 Å². The summed E-state index contributed by atoms with van der Waals surface area (Å²) in [6, 6.07) is 1.76. The Hall–Kier alpha value is -0.830. The number of aryl methyl sites for hydroxylation is 1. The van der Waals surface area contributed by atoms with Crippen LogP contribution in [0, 0.1) is 11.4 Å². The molecule has 0 aliphatic rings. The van der Waals surface area contributed by atoms with E-state index in [0.29, 0.717) is 10.3 Å². The molecule has 1 aromatic heterocycles. The third kappa shape index (κ3) is 1.36. The SMILES string of the molecule is COc1coc(C)cc1=S. The first-order valence-corrected chi connectivity index (χ1v) is 3.28. The topological polar surface area (TPSA) is 22.4 Å². The molecule has 0 saturated carbocycles. The molecule has 1 aromatic rings. The van der Waals surface area contributed by atoms with E-state index in [4.69, 9.17) is 21.4 Å². The highest BCUT2D eigenvalue weighted by Crippen LogP contribution is 2.13. The third-order valence-corrected chi connectivity index (χ3v) is 1.47. The van der Waals surface area contributed by atoms with Crippen LogP contribution in [-0.2, 0) is 0 Å². The van der Waals surface area contributed by atoms with E-state index in [-0.39, 0.29) is 0 Å². The lowest BCUT2D eigenvalue weighted by Gasteiger charge is -1.97. The fourth-order valence-electron chi connectivity index (χ4n) is 0.643. The van der Waals surface area contributed by atoms with Gasteiger partial charge in [-0.05, 0) is 13.0 Å². The molecule has 0 atom stereocenters. The second-order valence-corrected chi connectivity index (χ2v) is 2.36. The zero-order valence-corrected chi connectivity index (χ0v) is 6.70. The number of methoxy groups -OCH3 is 1. The van der Waals surface area contributed by atoms with Crippen molar-refractivity contribution in [1.82, 2.24) is 0 Å². The van der Waals surface area contributed by atoms with Crippen LogP contribution in [0.5, 0.6) is 5.75 Å². The number of ether oxygens (including phenoxy) is 1. The zero-order valence-electron chi connectivity index (χ0n) is 5.88. The molecule has 54 valence electrons. The van der Waals surface area contributed by atoms with Crippen molar-refractivity contribution in [3.8, 4) is 5.75 Å². The van der Waals surface area contributed by atoms with Crippen LogP contribution < -0.4 is 4.74 Å². The first kappa shape index (κ1) is 7.28. The Morgan fingerprint density at radius 1 is 1.60 bits per heavy atom. The van der Waals surface area contributed by atoms with Crippen LogP contribution in [0.1, 0.15) is 5.76 Å². The van der Waals surface area contributed by atoms with Gasteiger partial charge in [0, 0.05) is 0 Å². The summed E-state index contributed by atoms with van der Waals surface area (Å²) >= 11 is 4.95. The van der Waals surface area contributed by atoms with Crippen LogP contribution in [-0.4, -0.2) is 7.11 Å². The second-order valence-electron chi connectivity index (χ2n) is 1.92. The van der Waals surface area contributed by atoms with Gasteiger partial charge in [0.1, 0.15) is 12.0 Å². The summed E-state index contributed by atoms with van der Waals surface area (Å²) in [7, 11) is 1.57. The van der Waals surface area contributed by atoms with Gasteiger partial charge in [-0.2, -0.15) is 0 Å². The molecule has 0 fully saturated rings. The molecule has 0 amide bonds. The molecule has 0 aromatic carbocycles. The van der Waals surface area contributed by atoms with Crippen LogP contribution >= 0.6 is 12.2 Å². The van der Waals surface area contributed by atoms with Gasteiger partial charge < -0.3 is 9.15 Å². The van der Waals surface area contributed by atoms with Gasteiger partial charge in [-0.25, -0.2) is 0 Å². The van der Waals surface area contributed by atoms with E-state index in [9.17, 15) is 0 Å². The minimum atomic E-state index is 0.612. The van der Waals surface area contributed by atoms with Gasteiger partial charge in [-0.15, -0.1) is 0 Å². The molecule has 1 heterocycles. The quantitative estimate of drug-likeness (QED) is 0.583. The van der Waals surface area contributed by atoms with Crippen molar-refractivity contribution in [3.63, 3.8) is 0 Å². The summed E-state index contributed by atoms with van der Waals surface area (Å²) in [6.07, 6.45) is 1.51. The van der Waals surface area contributed by atoms with Crippen LogP contribution in [0.15, 0.2) is 16.7 Å². The van der Waals surface area contributed by atoms with Crippen molar-refractivity contribution in [2.75, 3.05) is 7.11 Å². The summed E-state index contributed by atoms with van der Waals surface area (Å²) in [6.45, 7) is 1.84. The normalized spacial score (nSPS) is 9.40. The van der Waals surface area contributed by atoms with Gasteiger partial charge in [-0.3, -0.25) is 0 Å². The average molecular weight is 156 g/mol. The Kier molecular flexibility index (Phi) is 2.06. The zero-order chi connectivity index (χ0) is 7.56. The highest BCUT2D eigenvalue weighted by atomic mass is 32.1. The van der Waals surface area contributed by atoms with Crippen molar-refractivity contribution >= 4 is 12.2 Å². The van der Waals surface area contributed by atoms with E-state index in [1.165, 1.54) is 6.26 Å². The molecule has 0 N–H and O–H groups in total. The van der Waals surface area contributed by atoms with Crippen LogP contribution in [0.25, 0.3) is 0 Å². The molecule has 0 saturated heterocycles. The summed E-state index contributed by atoms with van der Waals surface area (Å²) < 4.78 is 10.6. The van der Waals surface area contributed by atoms with Gasteiger partial charge in [0.15, 0.2) is 5.75 Å². The monoisotopic (exact) mass is 156 g/mol. The first-order chi connectivity index (χ1) is 4.74. The molecular formula is C7H8O2S. The van der Waals surface area contributed by atoms with E-state index in [0.717, 1.165) is 5.76 Å². The maximum Gasteiger partial charge on any atom is 0.171 e. The molecule has 0 spiro atoms. The lowest BCUT2D eigenvalue weighted by Crippen LogP contribution is -1.83. The fourth-order valence-corrected chi connectivity index (χ4v) is 0.940. The molecular weight excluding hydrogens is 148 g/mol. The predicted octanol–water partition coefficient (Wildman–Crippen LogP) is 2.33. The van der Waals surface area contributed by atoms with E-state index in [1.807, 2.05) is 6.92 Å². The van der Waals surface area contributed by atoms with Gasteiger partial charge in [0.2, 0.25) is 0 Å². The molecule has 1 rings (SSSR count). The van der Waals surface area contributed by atoms with E-state index >= 15 is 0 Å². The molecule has 3 heteroatoms. The number of hydrogen-bond acceptors (Lipinski definition) is 3. The smallest absolute Gasteiger partial charge is 0.171 e. The average Bonchev–Trinajstić information content (AvgIpc) is 1.88. The first-order valence-electron chi connectivity index (χ1n) is 2.87. The minimum Gasteiger partial charge on any atom is -0.492 e. The Bertz CT molecular complexity index is 277. The molecule has 0 unspecified atom stereocenters. The van der Waals surface area contributed by atoms with Crippen molar-refractivity contribution in [3.05, 3.63) is 22.6 Å². The van der Waals surface area contributed by atoms with Gasteiger partial charge in [0.25, 0.3) is 0 Å². The Morgan fingerprint density at radius 3 is 2.80 bits per heavy atom. The molecule has 2 nitrogen and oxygen atoms in total. The van der Waals surface area contributed by atoms with Crippen molar-refractivity contribution in [2.45, 2.75) is 6.92 Å². The summed E-state index contributed by atoms with van der Waals surface area (Å²) in [5, 5.41) is 0. The van der Waals surface area contributed by atoms with Gasteiger partial charge in [0.05, 0.1) is 11.6 Å². The summed E-state index contributed by atoms with van der Waals surface area (Å²) in [4.78, 5) is 0. The summed E-state index contributed by atoms with van der Waals surface area (Å²) in [5.74, 6) is 1.41. The van der Waals surface area contributed by atoms with Crippen LogP contribution in [0.2, 0.25) is 0 Å². The molecule has 0 aliphatic carbocycles. The van der Waals surface area contributed by atoms with Gasteiger partial charge in [-0.1, -0.05) is 12.2 Å². The number of rotatable bonds is 1. The maximum absolute atomic E-state index is 5.04. The standard InChI is InChI=1S/C7H8O2S/c1-5-3-7(10)6(8-2)4-9-5/h3-4H,1-2H3. The molecule has 0 radical (unpaired) electrons. The van der Waals surface area contributed by atoms with E-state index in [1.54, 1.807) is 13.2 Å². The van der Waals surface area contributed by atoms with E-state index < -0.39 is 0 Å². The predicted molar refractivity (Wildman–Crippen MR) is 40.8 cm³/mol. The molecule has 10 heavy (non-hydrogen) atoms. The Morgan fingerprint density at radius 2 is 2.30 bits per heavy atom. The number of hydrogen-bond donors (Lipinski definition) is 0. The Balaban J connectivity index is 3.20. The van der Waals surface area contributed by atoms with Gasteiger partial charge >= 0.3 is 0 Å². The lowest BCUT2D eigenvalue weighted by atomic mass is 10.4. The third-order valence-electron chi connectivity index (χ3n) is 1.15. The minimum absolute atomic E-state index is 0.612. The highest BCUT2D eigenvalue weighted by molar-refractivity contribution is 7.71. The van der Waals surface area contributed by atoms with Crippen molar-refractivity contribution in [2.24, 2.45) is 0 Å².